The molecule has 0 amide bonds. The molecule has 0 aromatic rings. The molecule has 0 aromatic heterocycles. The summed E-state index contributed by atoms with van der Waals surface area (Å²) in [6.45, 7) is 6.37. The van der Waals surface area contributed by atoms with Gasteiger partial charge in [0.05, 0.1) is 5.60 Å². The summed E-state index contributed by atoms with van der Waals surface area (Å²) in [5.41, 5.74) is 0.113. The average molecular weight is 445 g/mol. The molecule has 31 heavy (non-hydrogen) atoms. The van der Waals surface area contributed by atoms with Gasteiger partial charge in [-0.25, -0.2) is 0 Å². The zero-order valence-electron chi connectivity index (χ0n) is 20.1. The summed E-state index contributed by atoms with van der Waals surface area (Å²) in [6.07, 6.45) is 5.71. The highest BCUT2D eigenvalue weighted by atomic mass is 19.4. The van der Waals surface area contributed by atoms with E-state index in [0.29, 0.717) is 11.8 Å². The molecule has 4 aliphatic rings. The highest BCUT2D eigenvalue weighted by Crippen LogP contribution is 2.66. The lowest BCUT2D eigenvalue weighted by Crippen LogP contribution is -2.52. The molecule has 180 valence electrons. The van der Waals surface area contributed by atoms with Crippen LogP contribution in [0, 0.1) is 46.8 Å². The third-order valence-electron chi connectivity index (χ3n) is 10.9. The fraction of sp³-hybridized carbons (Fsp3) is 1.00. The Morgan fingerprint density at radius 1 is 0.935 bits per heavy atom. The van der Waals surface area contributed by atoms with Gasteiger partial charge in [-0.15, -0.1) is 0 Å². The molecule has 5 heteroatoms. The molecule has 0 aromatic carbocycles. The van der Waals surface area contributed by atoms with Crippen molar-refractivity contribution in [2.45, 2.75) is 103 Å². The van der Waals surface area contributed by atoms with Crippen molar-refractivity contribution in [3.05, 3.63) is 0 Å². The molecule has 4 rings (SSSR count). The zero-order valence-corrected chi connectivity index (χ0v) is 20.1. The van der Waals surface area contributed by atoms with Crippen LogP contribution in [0.15, 0.2) is 0 Å². The summed E-state index contributed by atoms with van der Waals surface area (Å²) < 4.78 is 51.8. The van der Waals surface area contributed by atoms with Gasteiger partial charge in [-0.1, -0.05) is 20.8 Å². The molecular weight excluding hydrogens is 401 g/mol. The van der Waals surface area contributed by atoms with Crippen molar-refractivity contribution in [1.29, 1.82) is 0 Å². The number of rotatable bonds is 5. The number of hydrogen-bond acceptors (Lipinski definition) is 2. The van der Waals surface area contributed by atoms with Crippen molar-refractivity contribution in [2.75, 3.05) is 14.2 Å². The Hall–Kier alpha value is -0.290. The number of methoxy groups -OCH3 is 2. The van der Waals surface area contributed by atoms with Crippen LogP contribution in [0.2, 0.25) is 0 Å². The predicted octanol–water partition coefficient (Wildman–Crippen LogP) is 7.26. The van der Waals surface area contributed by atoms with E-state index in [2.05, 4.69) is 13.8 Å². The minimum Gasteiger partial charge on any atom is -0.378 e. The Balaban J connectivity index is 1.50. The summed E-state index contributed by atoms with van der Waals surface area (Å²) >= 11 is 0. The van der Waals surface area contributed by atoms with E-state index in [4.69, 9.17) is 9.47 Å². The predicted molar refractivity (Wildman–Crippen MR) is 117 cm³/mol. The molecule has 0 heterocycles. The van der Waals surface area contributed by atoms with Crippen LogP contribution < -0.4 is 0 Å². The largest absolute Gasteiger partial charge is 0.414 e. The highest BCUT2D eigenvalue weighted by Gasteiger charge is 2.60. The Morgan fingerprint density at radius 3 is 2.26 bits per heavy atom. The molecule has 0 N–H and O–H groups in total. The maximum Gasteiger partial charge on any atom is 0.414 e. The number of alkyl halides is 3. The molecule has 4 saturated carbocycles. The lowest BCUT2D eigenvalue weighted by atomic mass is 9.48. The Kier molecular flexibility index (Phi) is 6.53. The SMILES string of the molecule is CC[C@@]1(OC)CC[C@H]2[C@H](CC[C@@H]3[C@@H]2CC[C@]2(C)[C@@H]([C@H](C)[C@H](OC)C(F)(F)F)CC[C@@H]32)C1. The third kappa shape index (κ3) is 3.88. The maximum absolute atomic E-state index is 13.6. The molecule has 2 nitrogen and oxygen atoms in total. The van der Waals surface area contributed by atoms with Crippen LogP contribution in [0.1, 0.15) is 85.0 Å². The van der Waals surface area contributed by atoms with Crippen LogP contribution in [0.4, 0.5) is 13.2 Å². The molecule has 0 spiro atoms. The molecule has 10 atom stereocenters. The van der Waals surface area contributed by atoms with Gasteiger partial charge in [-0.05, 0) is 111 Å². The Labute approximate surface area is 187 Å². The van der Waals surface area contributed by atoms with Crippen molar-refractivity contribution < 1.29 is 22.6 Å². The van der Waals surface area contributed by atoms with Crippen LogP contribution in [0.3, 0.4) is 0 Å². The van der Waals surface area contributed by atoms with Crippen molar-refractivity contribution in [3.8, 4) is 0 Å². The normalized spacial score (nSPS) is 47.2. The van der Waals surface area contributed by atoms with Crippen LogP contribution in [0.5, 0.6) is 0 Å². The van der Waals surface area contributed by atoms with E-state index in [1.807, 2.05) is 7.11 Å². The fourth-order valence-electron chi connectivity index (χ4n) is 9.36. The minimum atomic E-state index is -4.28. The second-order valence-corrected chi connectivity index (χ2v) is 11.7. The van der Waals surface area contributed by atoms with Crippen molar-refractivity contribution in [2.24, 2.45) is 46.8 Å². The summed E-state index contributed by atoms with van der Waals surface area (Å²) in [6, 6.07) is 0. The molecule has 4 fully saturated rings. The van der Waals surface area contributed by atoms with Gasteiger partial charge >= 0.3 is 6.18 Å². The third-order valence-corrected chi connectivity index (χ3v) is 10.9. The molecule has 0 unspecified atom stereocenters. The molecule has 0 aliphatic heterocycles. The molecule has 0 saturated heterocycles. The van der Waals surface area contributed by atoms with E-state index in [-0.39, 0.29) is 16.9 Å². The first-order valence-electron chi connectivity index (χ1n) is 12.7. The first-order valence-corrected chi connectivity index (χ1v) is 12.7. The van der Waals surface area contributed by atoms with E-state index >= 15 is 0 Å². The van der Waals surface area contributed by atoms with E-state index < -0.39 is 18.2 Å². The van der Waals surface area contributed by atoms with Crippen LogP contribution in [0.25, 0.3) is 0 Å². The second kappa shape index (κ2) is 8.49. The first-order chi connectivity index (χ1) is 14.6. The van der Waals surface area contributed by atoms with Gasteiger partial charge in [0.25, 0.3) is 0 Å². The monoisotopic (exact) mass is 444 g/mol. The van der Waals surface area contributed by atoms with E-state index in [1.165, 1.54) is 45.6 Å². The van der Waals surface area contributed by atoms with Gasteiger partial charge in [0.2, 0.25) is 0 Å². The van der Waals surface area contributed by atoms with Crippen LogP contribution in [-0.2, 0) is 9.47 Å². The average Bonchev–Trinajstić information content (AvgIpc) is 3.09. The molecular formula is C26H43F3O2. The van der Waals surface area contributed by atoms with Crippen LogP contribution >= 0.6 is 0 Å². The summed E-state index contributed by atoms with van der Waals surface area (Å²) in [5.74, 6) is 3.28. The van der Waals surface area contributed by atoms with Gasteiger partial charge in [0.15, 0.2) is 6.10 Å². The standard InChI is InChI=1S/C26H43F3O2/c1-6-25(31-5)14-12-18-17(15-25)7-8-20-19(18)11-13-24(3)21(9-10-22(20)24)16(2)23(30-4)26(27,28)29/h16-23H,6-15H2,1-5H3/t16-,17+,18-,19+,20+,21+,22-,23-,24+,25+/m0/s1. The lowest BCUT2D eigenvalue weighted by Gasteiger charge is -2.58. The van der Waals surface area contributed by atoms with Gasteiger partial charge in [-0.2, -0.15) is 13.2 Å². The summed E-state index contributed by atoms with van der Waals surface area (Å²) in [5, 5.41) is 0. The molecule has 0 radical (unpaired) electrons. The Morgan fingerprint density at radius 2 is 1.65 bits per heavy atom. The van der Waals surface area contributed by atoms with E-state index in [1.54, 1.807) is 6.92 Å². The highest BCUT2D eigenvalue weighted by molar-refractivity contribution is 5.08. The van der Waals surface area contributed by atoms with E-state index in [0.717, 1.165) is 43.4 Å². The number of fused-ring (bicyclic) bond motifs is 5. The first kappa shape index (κ1) is 23.9. The van der Waals surface area contributed by atoms with Crippen LogP contribution in [-0.4, -0.2) is 32.1 Å². The van der Waals surface area contributed by atoms with Gasteiger partial charge in [0, 0.05) is 14.2 Å². The number of ether oxygens (including phenoxy) is 2. The van der Waals surface area contributed by atoms with Crippen molar-refractivity contribution in [1.82, 2.24) is 0 Å². The van der Waals surface area contributed by atoms with Crippen molar-refractivity contribution in [3.63, 3.8) is 0 Å². The van der Waals surface area contributed by atoms with Gasteiger partial charge in [-0.3, -0.25) is 0 Å². The minimum absolute atomic E-state index is 0.0316. The van der Waals surface area contributed by atoms with E-state index in [9.17, 15) is 13.2 Å². The smallest absolute Gasteiger partial charge is 0.378 e. The van der Waals surface area contributed by atoms with Gasteiger partial charge < -0.3 is 9.47 Å². The number of halogens is 3. The van der Waals surface area contributed by atoms with Gasteiger partial charge in [0.1, 0.15) is 0 Å². The zero-order chi connectivity index (χ0) is 22.6. The Bertz CT molecular complexity index is 631. The topological polar surface area (TPSA) is 18.5 Å². The fourth-order valence-corrected chi connectivity index (χ4v) is 9.36. The number of hydrogen-bond donors (Lipinski definition) is 0. The lowest BCUT2D eigenvalue weighted by molar-refractivity contribution is -0.236. The summed E-state index contributed by atoms with van der Waals surface area (Å²) in [4.78, 5) is 0. The quantitative estimate of drug-likeness (QED) is 0.444. The van der Waals surface area contributed by atoms with Crippen molar-refractivity contribution >= 4 is 0 Å². The molecule has 4 aliphatic carbocycles. The second-order valence-electron chi connectivity index (χ2n) is 11.7. The molecule has 0 bridgehead atoms. The summed E-state index contributed by atoms with van der Waals surface area (Å²) in [7, 11) is 3.11. The maximum atomic E-state index is 13.6.